The normalized spacial score (nSPS) is 43.4. The molecule has 6 atom stereocenters. The van der Waals surface area contributed by atoms with Gasteiger partial charge in [0.1, 0.15) is 5.75 Å². The van der Waals surface area contributed by atoms with E-state index in [4.69, 9.17) is 0 Å². The molecule has 1 aromatic rings. The first-order valence-electron chi connectivity index (χ1n) is 8.14. The van der Waals surface area contributed by atoms with Crippen molar-refractivity contribution in [2.45, 2.75) is 50.7 Å². The average Bonchev–Trinajstić information content (AvgIpc) is 2.72. The summed E-state index contributed by atoms with van der Waals surface area (Å²) in [6, 6.07) is 5.12. The number of carbonyl (C=O) groups excluding carboxylic acids is 1. The van der Waals surface area contributed by atoms with E-state index in [1.54, 1.807) is 12.1 Å². The summed E-state index contributed by atoms with van der Waals surface area (Å²) in [6.07, 6.45) is 1.47. The fraction of sp³-hybridized carbons (Fsp3) is 0.611. The Labute approximate surface area is 129 Å². The second-order valence-electron chi connectivity index (χ2n) is 7.57. The molecule has 1 aromatic carbocycles. The Balaban J connectivity index is 1.76. The monoisotopic (exact) mass is 302 g/mol. The number of aromatic hydroxyl groups is 1. The van der Waals surface area contributed by atoms with Crippen LogP contribution >= 0.6 is 0 Å². The maximum Gasteiger partial charge on any atom is 0.163 e. The first-order chi connectivity index (χ1) is 10.4. The summed E-state index contributed by atoms with van der Waals surface area (Å²) < 4.78 is 0. The molecule has 3 aliphatic rings. The summed E-state index contributed by atoms with van der Waals surface area (Å²) in [5.41, 5.74) is 1.41. The molecule has 0 unspecified atom stereocenters. The van der Waals surface area contributed by atoms with Gasteiger partial charge in [-0.3, -0.25) is 4.79 Å². The summed E-state index contributed by atoms with van der Waals surface area (Å²) in [7, 11) is 0. The van der Waals surface area contributed by atoms with Crippen LogP contribution in [-0.4, -0.2) is 33.3 Å². The highest BCUT2D eigenvalue weighted by atomic mass is 16.3. The van der Waals surface area contributed by atoms with Crippen LogP contribution in [0.25, 0.3) is 0 Å². The number of aliphatic hydroxyl groups excluding tert-OH is 2. The van der Waals surface area contributed by atoms with Gasteiger partial charge < -0.3 is 15.3 Å². The zero-order chi connectivity index (χ0) is 15.6. The van der Waals surface area contributed by atoms with E-state index in [-0.39, 0.29) is 28.8 Å². The number of carbonyl (C=O) groups is 1. The molecule has 3 aliphatic carbocycles. The lowest BCUT2D eigenvalue weighted by Crippen LogP contribution is -2.45. The third-order valence-electron chi connectivity index (χ3n) is 6.57. The molecule has 0 aliphatic heterocycles. The van der Waals surface area contributed by atoms with Crippen molar-refractivity contribution in [3.8, 4) is 5.75 Å². The number of aliphatic hydroxyl groups is 2. The van der Waals surface area contributed by atoms with Crippen molar-refractivity contribution in [2.24, 2.45) is 17.3 Å². The van der Waals surface area contributed by atoms with Crippen LogP contribution in [0.4, 0.5) is 0 Å². The van der Waals surface area contributed by atoms with Gasteiger partial charge >= 0.3 is 0 Å². The molecule has 2 saturated carbocycles. The number of hydrogen-bond donors (Lipinski definition) is 3. The standard InChI is InChI=1S/C18H22O4/c1-18-5-4-11-10-3-2-9(19)6-13(10)15(20)7-12(11)14(18)8-16(21)17(18)22/h2-3,6,11-12,14,16-17,19,21-22H,4-5,7-8H2,1H3/t11-,12+,14-,16+,17-,18-/m0/s1. The van der Waals surface area contributed by atoms with Gasteiger partial charge in [-0.2, -0.15) is 0 Å². The Morgan fingerprint density at radius 3 is 2.82 bits per heavy atom. The minimum Gasteiger partial charge on any atom is -0.508 e. The summed E-state index contributed by atoms with van der Waals surface area (Å²) >= 11 is 0. The molecule has 4 rings (SSSR count). The first-order valence-corrected chi connectivity index (χ1v) is 8.14. The van der Waals surface area contributed by atoms with Crippen LogP contribution in [0.15, 0.2) is 18.2 Å². The van der Waals surface area contributed by atoms with E-state index < -0.39 is 12.2 Å². The number of benzene rings is 1. The lowest BCUT2D eigenvalue weighted by atomic mass is 9.55. The Hall–Kier alpha value is -1.39. The third kappa shape index (κ3) is 1.74. The third-order valence-corrected chi connectivity index (χ3v) is 6.57. The lowest BCUT2D eigenvalue weighted by Gasteiger charge is -2.49. The molecule has 0 heterocycles. The van der Waals surface area contributed by atoms with Crippen LogP contribution in [0.2, 0.25) is 0 Å². The fourth-order valence-electron chi connectivity index (χ4n) is 5.38. The molecule has 3 N–H and O–H groups in total. The van der Waals surface area contributed by atoms with Crippen LogP contribution in [-0.2, 0) is 0 Å². The number of phenols is 1. The topological polar surface area (TPSA) is 77.8 Å². The van der Waals surface area contributed by atoms with E-state index in [9.17, 15) is 20.1 Å². The van der Waals surface area contributed by atoms with Gasteiger partial charge in [-0.15, -0.1) is 0 Å². The van der Waals surface area contributed by atoms with Crippen LogP contribution < -0.4 is 0 Å². The van der Waals surface area contributed by atoms with Gasteiger partial charge in [0.15, 0.2) is 5.78 Å². The van der Waals surface area contributed by atoms with Gasteiger partial charge in [-0.25, -0.2) is 0 Å². The van der Waals surface area contributed by atoms with Crippen molar-refractivity contribution in [1.29, 1.82) is 0 Å². The van der Waals surface area contributed by atoms with Crippen LogP contribution in [0.1, 0.15) is 54.4 Å². The van der Waals surface area contributed by atoms with Gasteiger partial charge in [0.2, 0.25) is 0 Å². The van der Waals surface area contributed by atoms with Gasteiger partial charge in [0, 0.05) is 12.0 Å². The van der Waals surface area contributed by atoms with Crippen LogP contribution in [0.5, 0.6) is 5.75 Å². The van der Waals surface area contributed by atoms with Crippen molar-refractivity contribution < 1.29 is 20.1 Å². The Morgan fingerprint density at radius 2 is 2.05 bits per heavy atom. The number of ketones is 1. The van der Waals surface area contributed by atoms with E-state index >= 15 is 0 Å². The molecule has 118 valence electrons. The summed E-state index contributed by atoms with van der Waals surface area (Å²) in [5, 5.41) is 30.1. The summed E-state index contributed by atoms with van der Waals surface area (Å²) in [6.45, 7) is 2.06. The molecule has 0 saturated heterocycles. The van der Waals surface area contributed by atoms with Gasteiger partial charge in [0.05, 0.1) is 12.2 Å². The van der Waals surface area contributed by atoms with Gasteiger partial charge in [-0.05, 0) is 60.1 Å². The molecule has 0 radical (unpaired) electrons. The van der Waals surface area contributed by atoms with Crippen molar-refractivity contribution in [3.05, 3.63) is 29.3 Å². The van der Waals surface area contributed by atoms with Crippen molar-refractivity contribution in [2.75, 3.05) is 0 Å². The molecule has 0 amide bonds. The summed E-state index contributed by atoms with van der Waals surface area (Å²) in [5.74, 6) is 0.881. The largest absolute Gasteiger partial charge is 0.508 e. The van der Waals surface area contributed by atoms with E-state index in [2.05, 4.69) is 6.92 Å². The number of hydrogen-bond acceptors (Lipinski definition) is 4. The predicted molar refractivity (Wildman–Crippen MR) is 80.7 cm³/mol. The number of phenolic OH excluding ortho intramolecular Hbond substituents is 1. The van der Waals surface area contributed by atoms with E-state index in [0.29, 0.717) is 24.3 Å². The number of fused-ring (bicyclic) bond motifs is 5. The zero-order valence-corrected chi connectivity index (χ0v) is 12.7. The van der Waals surface area contributed by atoms with Gasteiger partial charge in [0.25, 0.3) is 0 Å². The molecule has 22 heavy (non-hydrogen) atoms. The van der Waals surface area contributed by atoms with E-state index in [0.717, 1.165) is 18.4 Å². The van der Waals surface area contributed by atoms with E-state index in [1.165, 1.54) is 0 Å². The highest BCUT2D eigenvalue weighted by Crippen LogP contribution is 2.60. The molecular formula is C18H22O4. The molecule has 0 spiro atoms. The Bertz CT molecular complexity index is 640. The second kappa shape index (κ2) is 4.56. The predicted octanol–water partition coefficient (Wildman–Crippen LogP) is 2.22. The SMILES string of the molecule is C[C@]12CC[C@H]3c4ccc(O)cc4C(=O)C[C@H]3[C@@H]1C[C@@H](O)[C@@H]2O. The highest BCUT2D eigenvalue weighted by molar-refractivity contribution is 5.99. The van der Waals surface area contributed by atoms with Crippen LogP contribution in [0, 0.1) is 17.3 Å². The average molecular weight is 302 g/mol. The molecule has 4 nitrogen and oxygen atoms in total. The summed E-state index contributed by atoms with van der Waals surface area (Å²) in [4.78, 5) is 12.5. The van der Waals surface area contributed by atoms with Gasteiger partial charge in [-0.1, -0.05) is 13.0 Å². The molecule has 2 fully saturated rings. The Morgan fingerprint density at radius 1 is 1.27 bits per heavy atom. The van der Waals surface area contributed by atoms with Crippen molar-refractivity contribution >= 4 is 5.78 Å². The first kappa shape index (κ1) is 14.2. The van der Waals surface area contributed by atoms with Crippen molar-refractivity contribution in [1.82, 2.24) is 0 Å². The lowest BCUT2D eigenvalue weighted by molar-refractivity contribution is -0.0493. The minimum absolute atomic E-state index is 0.0762. The molecule has 0 aromatic heterocycles. The maximum absolute atomic E-state index is 12.5. The minimum atomic E-state index is -0.685. The van der Waals surface area contributed by atoms with E-state index in [1.807, 2.05) is 6.07 Å². The highest BCUT2D eigenvalue weighted by Gasteiger charge is 2.58. The quantitative estimate of drug-likeness (QED) is 0.687. The fourth-order valence-corrected chi connectivity index (χ4v) is 5.38. The Kier molecular flexibility index (Phi) is 2.94. The number of Topliss-reactive ketones (excluding diaryl/α,β-unsaturated/α-hetero) is 1. The molecule has 0 bridgehead atoms. The molecule has 4 heteroatoms. The van der Waals surface area contributed by atoms with Crippen LogP contribution in [0.3, 0.4) is 0 Å². The smallest absolute Gasteiger partial charge is 0.163 e. The maximum atomic E-state index is 12.5. The number of rotatable bonds is 0. The zero-order valence-electron chi connectivity index (χ0n) is 12.7. The second-order valence-corrected chi connectivity index (χ2v) is 7.57. The van der Waals surface area contributed by atoms with Crippen molar-refractivity contribution in [3.63, 3.8) is 0 Å². The molecular weight excluding hydrogens is 280 g/mol.